The summed E-state index contributed by atoms with van der Waals surface area (Å²) in [5, 5.41) is 8.15. The number of rotatable bonds is 3. The third-order valence-corrected chi connectivity index (χ3v) is 1.02. The van der Waals surface area contributed by atoms with Gasteiger partial charge in [0, 0.05) is 0 Å². The average Bonchev–Trinajstić information content (AvgIpc) is 1.67. The predicted molar refractivity (Wildman–Crippen MR) is 37.7 cm³/mol. The Bertz CT molecular complexity index is 87.9. The molecule has 0 aliphatic carbocycles. The number of hydrogen-bond donors (Lipinski definition) is 3. The number of hydrogen-bond acceptors (Lipinski definition) is 3. The zero-order valence-electron chi connectivity index (χ0n) is 4.87. The molecule has 0 aliphatic heterocycles. The highest BCUT2D eigenvalue weighted by atomic mass is 32.1. The summed E-state index contributed by atoms with van der Waals surface area (Å²) < 4.78 is 0. The normalized spacial score (nSPS) is 11.8. The van der Waals surface area contributed by atoms with E-state index >= 15 is 0 Å². The summed E-state index contributed by atoms with van der Waals surface area (Å²) >= 11 is 3.81. The van der Waals surface area contributed by atoms with Crippen LogP contribution in [0.5, 0.6) is 0 Å². The minimum absolute atomic E-state index is 0. The molecule has 5 N–H and O–H groups in total. The highest BCUT2D eigenvalue weighted by Crippen LogP contribution is 1.88. The van der Waals surface area contributed by atoms with Gasteiger partial charge in [-0.2, -0.15) is 12.6 Å². The summed E-state index contributed by atoms with van der Waals surface area (Å²) in [6.07, 6.45) is 0.429. The molecule has 0 aliphatic rings. The minimum Gasteiger partial charge on any atom is -0.480 e. The molecule has 0 amide bonds. The van der Waals surface area contributed by atoms with E-state index in [2.05, 4.69) is 12.6 Å². The highest BCUT2D eigenvalue weighted by molar-refractivity contribution is 7.80. The monoisotopic (exact) mass is 153 g/mol. The molecule has 0 aromatic rings. The molecule has 0 rings (SSSR count). The SMILES string of the molecule is N[C@H](CCS)C(=O)O.O. The van der Waals surface area contributed by atoms with Crippen LogP contribution in [-0.2, 0) is 4.79 Å². The first kappa shape index (κ1) is 11.5. The van der Waals surface area contributed by atoms with Crippen molar-refractivity contribution in [3.05, 3.63) is 0 Å². The molecule has 0 spiro atoms. The summed E-state index contributed by atoms with van der Waals surface area (Å²) in [5.41, 5.74) is 5.08. The van der Waals surface area contributed by atoms with Crippen molar-refractivity contribution in [2.24, 2.45) is 5.73 Å². The van der Waals surface area contributed by atoms with Gasteiger partial charge in [-0.1, -0.05) is 0 Å². The van der Waals surface area contributed by atoms with Gasteiger partial charge < -0.3 is 16.3 Å². The molecule has 0 saturated heterocycles. The molecule has 0 bridgehead atoms. The number of carboxylic acid groups (broad SMARTS) is 1. The second-order valence-electron chi connectivity index (χ2n) is 1.46. The van der Waals surface area contributed by atoms with E-state index < -0.39 is 12.0 Å². The van der Waals surface area contributed by atoms with Gasteiger partial charge >= 0.3 is 5.97 Å². The molecule has 0 radical (unpaired) electrons. The standard InChI is InChI=1S/C4H9NO2S.H2O/c5-3(1-2-8)4(6)7;/h3,8H,1-2,5H2,(H,6,7);1H2/t3-;/m1./s1. The number of carbonyl (C=O) groups is 1. The summed E-state index contributed by atoms with van der Waals surface area (Å²) in [6.45, 7) is 0. The van der Waals surface area contributed by atoms with Gasteiger partial charge in [0.15, 0.2) is 0 Å². The zero-order chi connectivity index (χ0) is 6.57. The summed E-state index contributed by atoms with van der Waals surface area (Å²) in [7, 11) is 0. The van der Waals surface area contributed by atoms with Crippen LogP contribution in [0.15, 0.2) is 0 Å². The van der Waals surface area contributed by atoms with Crippen LogP contribution in [0.4, 0.5) is 0 Å². The first-order valence-electron chi connectivity index (χ1n) is 2.27. The maximum atomic E-state index is 9.93. The van der Waals surface area contributed by atoms with E-state index in [-0.39, 0.29) is 5.48 Å². The van der Waals surface area contributed by atoms with Gasteiger partial charge in [0.2, 0.25) is 0 Å². The van der Waals surface area contributed by atoms with Crippen LogP contribution < -0.4 is 5.73 Å². The van der Waals surface area contributed by atoms with Crippen molar-refractivity contribution < 1.29 is 15.4 Å². The van der Waals surface area contributed by atoms with Crippen LogP contribution in [0.1, 0.15) is 6.42 Å². The molecule has 0 aromatic heterocycles. The molecular weight excluding hydrogens is 142 g/mol. The van der Waals surface area contributed by atoms with Gasteiger partial charge in [-0.15, -0.1) is 0 Å². The van der Waals surface area contributed by atoms with Gasteiger partial charge in [-0.3, -0.25) is 4.79 Å². The number of carboxylic acids is 1. The Morgan fingerprint density at radius 2 is 2.22 bits per heavy atom. The molecule has 1 atom stereocenters. The second-order valence-corrected chi connectivity index (χ2v) is 1.90. The maximum absolute atomic E-state index is 9.93. The quantitative estimate of drug-likeness (QED) is 0.449. The van der Waals surface area contributed by atoms with Crippen LogP contribution >= 0.6 is 12.6 Å². The third-order valence-electron chi connectivity index (χ3n) is 0.757. The Morgan fingerprint density at radius 3 is 2.33 bits per heavy atom. The summed E-state index contributed by atoms with van der Waals surface area (Å²) in [4.78, 5) is 9.93. The van der Waals surface area contributed by atoms with Crippen molar-refractivity contribution in [1.29, 1.82) is 0 Å². The third kappa shape index (κ3) is 5.61. The Kier molecular flexibility index (Phi) is 7.52. The largest absolute Gasteiger partial charge is 0.480 e. The Balaban J connectivity index is 0. The van der Waals surface area contributed by atoms with E-state index in [1.807, 2.05) is 0 Å². The van der Waals surface area contributed by atoms with Crippen LogP contribution in [0.2, 0.25) is 0 Å². The Morgan fingerprint density at radius 1 is 1.78 bits per heavy atom. The summed E-state index contributed by atoms with van der Waals surface area (Å²) in [5.74, 6) is -0.438. The fourth-order valence-corrected chi connectivity index (χ4v) is 0.541. The molecule has 5 heteroatoms. The van der Waals surface area contributed by atoms with Crippen molar-refractivity contribution in [1.82, 2.24) is 0 Å². The van der Waals surface area contributed by atoms with E-state index in [0.29, 0.717) is 12.2 Å². The van der Waals surface area contributed by atoms with E-state index in [1.165, 1.54) is 0 Å². The molecule has 0 saturated carbocycles. The molecular formula is C4H11NO3S. The minimum atomic E-state index is -0.959. The predicted octanol–water partition coefficient (Wildman–Crippen LogP) is -1.11. The van der Waals surface area contributed by atoms with Crippen molar-refractivity contribution in [3.8, 4) is 0 Å². The lowest BCUT2D eigenvalue weighted by Crippen LogP contribution is -2.30. The summed E-state index contributed by atoms with van der Waals surface area (Å²) in [6, 6.07) is -0.743. The fraction of sp³-hybridized carbons (Fsp3) is 0.750. The first-order valence-corrected chi connectivity index (χ1v) is 2.91. The number of thiol groups is 1. The first-order chi connectivity index (χ1) is 3.68. The van der Waals surface area contributed by atoms with Crippen LogP contribution in [0.3, 0.4) is 0 Å². The van der Waals surface area contributed by atoms with Gasteiger partial charge in [0.1, 0.15) is 6.04 Å². The molecule has 4 nitrogen and oxygen atoms in total. The fourth-order valence-electron chi connectivity index (χ4n) is 0.263. The topological polar surface area (TPSA) is 94.8 Å². The lowest BCUT2D eigenvalue weighted by molar-refractivity contribution is -0.138. The zero-order valence-corrected chi connectivity index (χ0v) is 5.77. The van der Waals surface area contributed by atoms with Gasteiger partial charge in [0.25, 0.3) is 0 Å². The van der Waals surface area contributed by atoms with E-state index in [4.69, 9.17) is 10.8 Å². The highest BCUT2D eigenvalue weighted by Gasteiger charge is 2.08. The Labute approximate surface area is 58.8 Å². The van der Waals surface area contributed by atoms with Crippen molar-refractivity contribution in [3.63, 3.8) is 0 Å². The molecule has 56 valence electrons. The Hall–Kier alpha value is -0.260. The van der Waals surface area contributed by atoms with Crippen LogP contribution in [0.25, 0.3) is 0 Å². The number of nitrogens with two attached hydrogens (primary N) is 1. The average molecular weight is 153 g/mol. The lowest BCUT2D eigenvalue weighted by Gasteiger charge is -2.00. The maximum Gasteiger partial charge on any atom is 0.320 e. The van der Waals surface area contributed by atoms with E-state index in [1.54, 1.807) is 0 Å². The smallest absolute Gasteiger partial charge is 0.320 e. The molecule has 0 heterocycles. The van der Waals surface area contributed by atoms with Gasteiger partial charge in [-0.25, -0.2) is 0 Å². The van der Waals surface area contributed by atoms with Crippen molar-refractivity contribution in [2.45, 2.75) is 12.5 Å². The van der Waals surface area contributed by atoms with Gasteiger partial charge in [-0.05, 0) is 12.2 Å². The van der Waals surface area contributed by atoms with Crippen LogP contribution in [-0.4, -0.2) is 28.3 Å². The molecule has 0 unspecified atom stereocenters. The van der Waals surface area contributed by atoms with E-state index in [0.717, 1.165) is 0 Å². The van der Waals surface area contributed by atoms with Crippen LogP contribution in [0, 0.1) is 0 Å². The number of aliphatic carboxylic acids is 1. The van der Waals surface area contributed by atoms with Crippen molar-refractivity contribution >= 4 is 18.6 Å². The molecule has 0 fully saturated rings. The molecule has 9 heavy (non-hydrogen) atoms. The lowest BCUT2D eigenvalue weighted by atomic mass is 10.2. The van der Waals surface area contributed by atoms with E-state index in [9.17, 15) is 4.79 Å². The van der Waals surface area contributed by atoms with Gasteiger partial charge in [0.05, 0.1) is 0 Å². The molecule has 0 aromatic carbocycles. The van der Waals surface area contributed by atoms with Crippen molar-refractivity contribution in [2.75, 3.05) is 5.75 Å². The second kappa shape index (κ2) is 5.87.